The van der Waals surface area contributed by atoms with Gasteiger partial charge in [0.1, 0.15) is 17.2 Å². The Bertz CT molecular complexity index is 526. The van der Waals surface area contributed by atoms with Gasteiger partial charge in [-0.15, -0.1) is 0 Å². The first-order chi connectivity index (χ1) is 8.01. The standard InChI is InChI=1S/C13H11F2NO/c1-13(17,9-3-2-6-16-8-9)11-7-10(14)4-5-12(11)15/h2-8,17H,1H3. The van der Waals surface area contributed by atoms with E-state index in [9.17, 15) is 13.9 Å². The SMILES string of the molecule is CC(O)(c1cccnc1)c1cc(F)ccc1F. The molecule has 1 aromatic heterocycles. The maximum atomic E-state index is 13.6. The van der Waals surface area contributed by atoms with Gasteiger partial charge in [-0.1, -0.05) is 6.07 Å². The van der Waals surface area contributed by atoms with E-state index in [-0.39, 0.29) is 5.56 Å². The van der Waals surface area contributed by atoms with Crippen LogP contribution in [0.5, 0.6) is 0 Å². The van der Waals surface area contributed by atoms with E-state index in [4.69, 9.17) is 0 Å². The Balaban J connectivity index is 2.55. The Hall–Kier alpha value is -1.81. The molecule has 0 fully saturated rings. The van der Waals surface area contributed by atoms with Gasteiger partial charge < -0.3 is 5.11 Å². The fraction of sp³-hybridized carbons (Fsp3) is 0.154. The maximum Gasteiger partial charge on any atom is 0.129 e. The van der Waals surface area contributed by atoms with E-state index in [1.807, 2.05) is 0 Å². The van der Waals surface area contributed by atoms with Crippen LogP contribution < -0.4 is 0 Å². The highest BCUT2D eigenvalue weighted by molar-refractivity contribution is 5.34. The predicted octanol–water partition coefficient (Wildman–Crippen LogP) is 2.62. The predicted molar refractivity (Wildman–Crippen MR) is 59.3 cm³/mol. The molecule has 0 bridgehead atoms. The lowest BCUT2D eigenvalue weighted by Gasteiger charge is -2.24. The van der Waals surface area contributed by atoms with Crippen molar-refractivity contribution in [3.63, 3.8) is 0 Å². The van der Waals surface area contributed by atoms with Crippen LogP contribution in [0.2, 0.25) is 0 Å². The van der Waals surface area contributed by atoms with Crippen LogP contribution in [0.1, 0.15) is 18.1 Å². The summed E-state index contributed by atoms with van der Waals surface area (Å²) >= 11 is 0. The summed E-state index contributed by atoms with van der Waals surface area (Å²) in [6, 6.07) is 6.23. The first-order valence-corrected chi connectivity index (χ1v) is 5.10. The number of aliphatic hydroxyl groups is 1. The second-order valence-electron chi connectivity index (χ2n) is 3.94. The van der Waals surface area contributed by atoms with Gasteiger partial charge in [-0.2, -0.15) is 0 Å². The van der Waals surface area contributed by atoms with Gasteiger partial charge in [0, 0.05) is 23.5 Å². The van der Waals surface area contributed by atoms with Crippen molar-refractivity contribution in [2.75, 3.05) is 0 Å². The lowest BCUT2D eigenvalue weighted by molar-refractivity contribution is 0.0971. The maximum absolute atomic E-state index is 13.6. The molecule has 4 heteroatoms. The number of aromatic nitrogens is 1. The molecule has 0 spiro atoms. The fourth-order valence-electron chi connectivity index (χ4n) is 1.68. The molecule has 1 atom stereocenters. The minimum absolute atomic E-state index is 0.106. The van der Waals surface area contributed by atoms with Crippen molar-refractivity contribution in [3.8, 4) is 0 Å². The van der Waals surface area contributed by atoms with E-state index in [0.29, 0.717) is 5.56 Å². The smallest absolute Gasteiger partial charge is 0.129 e. The summed E-state index contributed by atoms with van der Waals surface area (Å²) in [5, 5.41) is 10.3. The molecule has 0 aliphatic heterocycles. The molecular formula is C13H11F2NO. The van der Waals surface area contributed by atoms with Gasteiger partial charge in [-0.3, -0.25) is 4.98 Å². The summed E-state index contributed by atoms with van der Waals surface area (Å²) in [5.74, 6) is -1.24. The second-order valence-corrected chi connectivity index (χ2v) is 3.94. The molecule has 88 valence electrons. The Morgan fingerprint density at radius 3 is 2.65 bits per heavy atom. The quantitative estimate of drug-likeness (QED) is 0.868. The monoisotopic (exact) mass is 235 g/mol. The number of hydrogen-bond acceptors (Lipinski definition) is 2. The number of nitrogens with zero attached hydrogens (tertiary/aromatic N) is 1. The molecule has 17 heavy (non-hydrogen) atoms. The first kappa shape index (κ1) is 11.7. The molecule has 2 rings (SSSR count). The Kier molecular flexibility index (Phi) is 2.90. The lowest BCUT2D eigenvalue weighted by Crippen LogP contribution is -2.24. The molecule has 1 aromatic carbocycles. The third-order valence-corrected chi connectivity index (χ3v) is 2.68. The molecule has 0 saturated heterocycles. The molecule has 0 amide bonds. The molecular weight excluding hydrogens is 224 g/mol. The molecule has 1 unspecified atom stereocenters. The summed E-state index contributed by atoms with van der Waals surface area (Å²) in [4.78, 5) is 3.85. The molecule has 2 aromatic rings. The van der Waals surface area contributed by atoms with E-state index in [0.717, 1.165) is 18.2 Å². The molecule has 0 aliphatic carbocycles. The summed E-state index contributed by atoms with van der Waals surface area (Å²) in [7, 11) is 0. The Labute approximate surface area is 97.6 Å². The zero-order valence-electron chi connectivity index (χ0n) is 9.19. The average Bonchev–Trinajstić information content (AvgIpc) is 2.33. The molecule has 0 radical (unpaired) electrons. The van der Waals surface area contributed by atoms with Crippen molar-refractivity contribution >= 4 is 0 Å². The number of pyridine rings is 1. The highest BCUT2D eigenvalue weighted by Gasteiger charge is 2.29. The first-order valence-electron chi connectivity index (χ1n) is 5.10. The zero-order chi connectivity index (χ0) is 12.5. The summed E-state index contributed by atoms with van der Waals surface area (Å²) in [6.07, 6.45) is 2.96. The van der Waals surface area contributed by atoms with Crippen LogP contribution in [0, 0.1) is 11.6 Å². The van der Waals surface area contributed by atoms with E-state index in [1.165, 1.54) is 13.1 Å². The largest absolute Gasteiger partial charge is 0.381 e. The average molecular weight is 235 g/mol. The number of benzene rings is 1. The van der Waals surface area contributed by atoms with Crippen LogP contribution in [0.3, 0.4) is 0 Å². The lowest BCUT2D eigenvalue weighted by atomic mass is 9.89. The van der Waals surface area contributed by atoms with E-state index >= 15 is 0 Å². The third kappa shape index (κ3) is 2.17. The minimum Gasteiger partial charge on any atom is -0.381 e. The summed E-state index contributed by atoms with van der Waals surface area (Å²) in [6.45, 7) is 1.40. The van der Waals surface area contributed by atoms with Gasteiger partial charge in [0.15, 0.2) is 0 Å². The van der Waals surface area contributed by atoms with Crippen LogP contribution in [-0.4, -0.2) is 10.1 Å². The van der Waals surface area contributed by atoms with Gasteiger partial charge >= 0.3 is 0 Å². The normalized spacial score (nSPS) is 14.4. The van der Waals surface area contributed by atoms with Crippen LogP contribution in [-0.2, 0) is 5.60 Å². The minimum atomic E-state index is -1.61. The van der Waals surface area contributed by atoms with Gasteiger partial charge in [0.2, 0.25) is 0 Å². The van der Waals surface area contributed by atoms with Crippen molar-refractivity contribution < 1.29 is 13.9 Å². The van der Waals surface area contributed by atoms with Gasteiger partial charge in [-0.25, -0.2) is 8.78 Å². The Morgan fingerprint density at radius 1 is 1.24 bits per heavy atom. The van der Waals surface area contributed by atoms with Gasteiger partial charge in [-0.05, 0) is 31.2 Å². The number of halogens is 2. The van der Waals surface area contributed by atoms with E-state index in [1.54, 1.807) is 18.3 Å². The van der Waals surface area contributed by atoms with Crippen molar-refractivity contribution in [3.05, 3.63) is 65.5 Å². The number of rotatable bonds is 2. The van der Waals surface area contributed by atoms with Crippen molar-refractivity contribution in [1.82, 2.24) is 4.98 Å². The fourth-order valence-corrected chi connectivity index (χ4v) is 1.68. The summed E-state index contributed by atoms with van der Waals surface area (Å²) in [5.41, 5.74) is -1.31. The van der Waals surface area contributed by atoms with E-state index in [2.05, 4.69) is 4.98 Å². The van der Waals surface area contributed by atoms with Crippen LogP contribution >= 0.6 is 0 Å². The van der Waals surface area contributed by atoms with Crippen LogP contribution in [0.15, 0.2) is 42.7 Å². The topological polar surface area (TPSA) is 33.1 Å². The highest BCUT2D eigenvalue weighted by atomic mass is 19.1. The van der Waals surface area contributed by atoms with Crippen molar-refractivity contribution in [2.24, 2.45) is 0 Å². The summed E-state index contributed by atoms with van der Waals surface area (Å²) < 4.78 is 26.7. The second kappa shape index (κ2) is 4.22. The number of hydrogen-bond donors (Lipinski definition) is 1. The highest BCUT2D eigenvalue weighted by Crippen LogP contribution is 2.30. The van der Waals surface area contributed by atoms with Gasteiger partial charge in [0.05, 0.1) is 0 Å². The van der Waals surface area contributed by atoms with E-state index < -0.39 is 17.2 Å². The Morgan fingerprint density at radius 2 is 2.00 bits per heavy atom. The van der Waals surface area contributed by atoms with Crippen molar-refractivity contribution in [1.29, 1.82) is 0 Å². The molecule has 1 N–H and O–H groups in total. The molecule has 0 saturated carbocycles. The molecule has 2 nitrogen and oxygen atoms in total. The van der Waals surface area contributed by atoms with Gasteiger partial charge in [0.25, 0.3) is 0 Å². The third-order valence-electron chi connectivity index (χ3n) is 2.68. The van der Waals surface area contributed by atoms with Crippen LogP contribution in [0.4, 0.5) is 8.78 Å². The molecule has 1 heterocycles. The van der Waals surface area contributed by atoms with Crippen LogP contribution in [0.25, 0.3) is 0 Å². The van der Waals surface area contributed by atoms with Crippen molar-refractivity contribution in [2.45, 2.75) is 12.5 Å². The molecule has 0 aliphatic rings. The zero-order valence-corrected chi connectivity index (χ0v) is 9.19.